The van der Waals surface area contributed by atoms with E-state index >= 15 is 0 Å². The predicted octanol–water partition coefficient (Wildman–Crippen LogP) is 0.778. The summed E-state index contributed by atoms with van der Waals surface area (Å²) in [5.41, 5.74) is 4.62. The Morgan fingerprint density at radius 3 is 2.67 bits per heavy atom. The molecule has 52 valence electrons. The largest absolute Gasteiger partial charge is 0.430 e. The highest BCUT2D eigenvalue weighted by molar-refractivity contribution is 8.13. The summed E-state index contributed by atoms with van der Waals surface area (Å²) in [4.78, 5) is 14.0. The van der Waals surface area contributed by atoms with Gasteiger partial charge in [-0.05, 0) is 13.2 Å². The first kappa shape index (κ1) is 8.29. The van der Waals surface area contributed by atoms with Crippen LogP contribution in [-0.2, 0) is 4.84 Å². The highest BCUT2D eigenvalue weighted by Crippen LogP contribution is 1.95. The van der Waals surface area contributed by atoms with Gasteiger partial charge in [0.15, 0.2) is 0 Å². The minimum atomic E-state index is -0.886. The van der Waals surface area contributed by atoms with E-state index in [4.69, 9.17) is 0 Å². The Kier molecular flexibility index (Phi) is 3.87. The van der Waals surface area contributed by atoms with Gasteiger partial charge < -0.3 is 5.73 Å². The molecule has 0 aliphatic heterocycles. The fraction of sp³-hybridized carbons (Fsp3) is 0.500. The summed E-state index contributed by atoms with van der Waals surface area (Å²) in [6.07, 6.45) is 0.937. The maximum atomic E-state index is 9.90. The van der Waals surface area contributed by atoms with Crippen LogP contribution in [0, 0.1) is 0 Å². The molecule has 0 heterocycles. The van der Waals surface area contributed by atoms with Crippen molar-refractivity contribution >= 4 is 22.9 Å². The number of nitrogens with zero attached hydrogens (tertiary/aromatic N) is 1. The van der Waals surface area contributed by atoms with Gasteiger partial charge in [0.2, 0.25) is 0 Å². The summed E-state index contributed by atoms with van der Waals surface area (Å²) in [5, 5.41) is 4.01. The van der Waals surface area contributed by atoms with Crippen molar-refractivity contribution in [3.8, 4) is 0 Å². The van der Waals surface area contributed by atoms with Crippen molar-refractivity contribution in [3.05, 3.63) is 0 Å². The zero-order chi connectivity index (χ0) is 7.28. The van der Waals surface area contributed by atoms with Crippen LogP contribution in [0.1, 0.15) is 6.92 Å². The predicted molar refractivity (Wildman–Crippen MR) is 37.3 cm³/mol. The molecule has 0 aliphatic carbocycles. The van der Waals surface area contributed by atoms with E-state index in [0.717, 1.165) is 0 Å². The summed E-state index contributed by atoms with van der Waals surface area (Å²) in [6.45, 7) is 1.72. The molecule has 0 radical (unpaired) electrons. The smallest absolute Gasteiger partial charge is 0.333 e. The summed E-state index contributed by atoms with van der Waals surface area (Å²) in [5.74, 6) is 0. The van der Waals surface area contributed by atoms with Gasteiger partial charge in [-0.3, -0.25) is 4.84 Å². The summed E-state index contributed by atoms with van der Waals surface area (Å²) in [7, 11) is 0. The van der Waals surface area contributed by atoms with Gasteiger partial charge in [-0.15, -0.1) is 11.8 Å². The second-order valence-electron chi connectivity index (χ2n) is 1.22. The Balaban J connectivity index is 3.56. The number of oxime groups is 1. The molecular formula is C4H8N2O2S. The summed E-state index contributed by atoms with van der Waals surface area (Å²) in [6, 6.07) is 0. The van der Waals surface area contributed by atoms with Crippen molar-refractivity contribution in [2.75, 3.05) is 6.26 Å². The molecule has 0 rings (SSSR count). The molecule has 0 aliphatic rings. The molecule has 0 unspecified atom stereocenters. The van der Waals surface area contributed by atoms with Crippen molar-refractivity contribution in [2.45, 2.75) is 6.92 Å². The van der Waals surface area contributed by atoms with E-state index in [0.29, 0.717) is 5.04 Å². The lowest BCUT2D eigenvalue weighted by Crippen LogP contribution is -2.09. The van der Waals surface area contributed by atoms with Gasteiger partial charge in [-0.2, -0.15) is 0 Å². The third-order valence-corrected chi connectivity index (χ3v) is 1.22. The van der Waals surface area contributed by atoms with E-state index in [-0.39, 0.29) is 0 Å². The molecule has 0 spiro atoms. The average Bonchev–Trinajstić information content (AvgIpc) is 1.83. The molecule has 0 aromatic carbocycles. The number of primary amides is 1. The average molecular weight is 148 g/mol. The number of rotatable bonds is 1. The van der Waals surface area contributed by atoms with Crippen LogP contribution >= 0.6 is 11.8 Å². The van der Waals surface area contributed by atoms with E-state index < -0.39 is 6.09 Å². The minimum Gasteiger partial charge on any atom is -0.333 e. The second kappa shape index (κ2) is 4.20. The maximum Gasteiger partial charge on any atom is 0.430 e. The molecule has 0 aromatic rings. The van der Waals surface area contributed by atoms with Crippen LogP contribution in [0.15, 0.2) is 5.16 Å². The summed E-state index contributed by atoms with van der Waals surface area (Å²) >= 11 is 1.38. The van der Waals surface area contributed by atoms with Crippen molar-refractivity contribution in [3.63, 3.8) is 0 Å². The molecule has 0 aromatic heterocycles. The van der Waals surface area contributed by atoms with Gasteiger partial charge in [-0.25, -0.2) is 4.79 Å². The van der Waals surface area contributed by atoms with Crippen LogP contribution in [-0.4, -0.2) is 17.4 Å². The van der Waals surface area contributed by atoms with Gasteiger partial charge in [-0.1, -0.05) is 5.16 Å². The van der Waals surface area contributed by atoms with Crippen LogP contribution < -0.4 is 5.73 Å². The lowest BCUT2D eigenvalue weighted by Gasteiger charge is -1.90. The highest BCUT2D eigenvalue weighted by Gasteiger charge is 1.90. The molecule has 0 saturated carbocycles. The maximum absolute atomic E-state index is 9.90. The number of amides is 1. The van der Waals surface area contributed by atoms with Crippen LogP contribution in [0.4, 0.5) is 4.79 Å². The molecule has 9 heavy (non-hydrogen) atoms. The SMILES string of the molecule is CS/C(C)=N\OC(N)=O. The van der Waals surface area contributed by atoms with Gasteiger partial charge >= 0.3 is 6.09 Å². The molecule has 4 nitrogen and oxygen atoms in total. The number of nitrogens with two attached hydrogens (primary N) is 1. The first-order valence-electron chi connectivity index (χ1n) is 2.22. The van der Waals surface area contributed by atoms with Crippen molar-refractivity contribution in [1.29, 1.82) is 0 Å². The normalized spacial score (nSPS) is 11.1. The fourth-order valence-electron chi connectivity index (χ4n) is 0.147. The highest BCUT2D eigenvalue weighted by atomic mass is 32.2. The first-order valence-corrected chi connectivity index (χ1v) is 3.44. The van der Waals surface area contributed by atoms with Gasteiger partial charge in [0, 0.05) is 0 Å². The number of hydrogen-bond acceptors (Lipinski definition) is 4. The van der Waals surface area contributed by atoms with Crippen LogP contribution in [0.25, 0.3) is 0 Å². The quantitative estimate of drug-likeness (QED) is 0.258. The second-order valence-corrected chi connectivity index (χ2v) is 2.22. The van der Waals surface area contributed by atoms with Crippen LogP contribution in [0.5, 0.6) is 0 Å². The van der Waals surface area contributed by atoms with Gasteiger partial charge in [0.25, 0.3) is 0 Å². The van der Waals surface area contributed by atoms with Crippen molar-refractivity contribution < 1.29 is 9.63 Å². The number of carbonyl (C=O) groups excluding carboxylic acids is 1. The van der Waals surface area contributed by atoms with Gasteiger partial charge in [0.1, 0.15) is 5.04 Å². The van der Waals surface area contributed by atoms with Crippen molar-refractivity contribution in [2.24, 2.45) is 10.9 Å². The van der Waals surface area contributed by atoms with E-state index in [1.165, 1.54) is 11.8 Å². The molecule has 0 fully saturated rings. The van der Waals surface area contributed by atoms with E-state index in [9.17, 15) is 4.79 Å². The first-order chi connectivity index (χ1) is 4.16. The summed E-state index contributed by atoms with van der Waals surface area (Å²) < 4.78 is 0. The van der Waals surface area contributed by atoms with Crippen LogP contribution in [0.2, 0.25) is 0 Å². The molecule has 1 amide bonds. The topological polar surface area (TPSA) is 64.7 Å². The lowest BCUT2D eigenvalue weighted by atomic mass is 10.9. The Bertz CT molecular complexity index is 135. The fourth-order valence-corrected chi connectivity index (χ4v) is 0.258. The Labute approximate surface area is 57.4 Å². The molecular weight excluding hydrogens is 140 g/mol. The van der Waals surface area contributed by atoms with E-state index in [1.807, 2.05) is 6.26 Å². The van der Waals surface area contributed by atoms with Crippen LogP contribution in [0.3, 0.4) is 0 Å². The zero-order valence-corrected chi connectivity index (χ0v) is 6.07. The Morgan fingerprint density at radius 1 is 1.78 bits per heavy atom. The zero-order valence-electron chi connectivity index (χ0n) is 5.25. The lowest BCUT2D eigenvalue weighted by molar-refractivity contribution is 0.162. The number of hydrogen-bond donors (Lipinski definition) is 1. The third kappa shape index (κ3) is 5.16. The van der Waals surface area contributed by atoms with Gasteiger partial charge in [0.05, 0.1) is 0 Å². The monoisotopic (exact) mass is 148 g/mol. The molecule has 0 saturated heterocycles. The molecule has 0 bridgehead atoms. The number of thioether (sulfide) groups is 1. The molecule has 0 atom stereocenters. The standard InChI is InChI=1S/C4H8N2O2S/c1-3(9-2)6-8-4(5)7/h1-2H3,(H2,5,7)/b6-3-. The Morgan fingerprint density at radius 2 is 2.33 bits per heavy atom. The van der Waals surface area contributed by atoms with Crippen molar-refractivity contribution in [1.82, 2.24) is 0 Å². The molecule has 2 N–H and O–H groups in total. The third-order valence-electron chi connectivity index (χ3n) is 0.560. The van der Waals surface area contributed by atoms with E-state index in [2.05, 4.69) is 15.7 Å². The minimum absolute atomic E-state index is 0.661. The Hall–Kier alpha value is -0.710. The number of carbonyl (C=O) groups is 1. The van der Waals surface area contributed by atoms with E-state index in [1.54, 1.807) is 6.92 Å². The molecule has 5 heteroatoms.